The number of hydrogen-bond donors (Lipinski definition) is 2. The number of aliphatic hydroxyl groups is 1. The SMILES string of the molecule is CCCCCCOC(=O)CC(O)(CC(=O)OCC)C(=O)O. The van der Waals surface area contributed by atoms with E-state index in [0.717, 1.165) is 19.3 Å². The van der Waals surface area contributed by atoms with Crippen molar-refractivity contribution in [3.63, 3.8) is 0 Å². The van der Waals surface area contributed by atoms with Crippen molar-refractivity contribution in [2.45, 2.75) is 58.0 Å². The molecule has 0 saturated carbocycles. The maximum atomic E-state index is 11.5. The lowest BCUT2D eigenvalue weighted by Crippen LogP contribution is -2.43. The molecule has 0 aliphatic rings. The molecule has 0 bridgehead atoms. The first kappa shape index (κ1) is 19.4. The van der Waals surface area contributed by atoms with Crippen LogP contribution in [-0.2, 0) is 23.9 Å². The minimum Gasteiger partial charge on any atom is -0.479 e. The van der Waals surface area contributed by atoms with Crippen molar-refractivity contribution in [3.05, 3.63) is 0 Å². The van der Waals surface area contributed by atoms with Crippen LogP contribution in [0.25, 0.3) is 0 Å². The van der Waals surface area contributed by atoms with Crippen LogP contribution in [0, 0.1) is 0 Å². The van der Waals surface area contributed by atoms with E-state index in [0.29, 0.717) is 6.42 Å². The van der Waals surface area contributed by atoms with Gasteiger partial charge in [0.1, 0.15) is 0 Å². The fourth-order valence-electron chi connectivity index (χ4n) is 1.67. The van der Waals surface area contributed by atoms with Crippen molar-refractivity contribution in [2.24, 2.45) is 0 Å². The summed E-state index contributed by atoms with van der Waals surface area (Å²) in [7, 11) is 0. The first-order valence-electron chi connectivity index (χ1n) is 7.12. The molecule has 0 amide bonds. The zero-order valence-electron chi connectivity index (χ0n) is 12.6. The Balaban J connectivity index is 4.32. The monoisotopic (exact) mass is 304 g/mol. The second-order valence-electron chi connectivity index (χ2n) is 4.78. The van der Waals surface area contributed by atoms with E-state index >= 15 is 0 Å². The summed E-state index contributed by atoms with van der Waals surface area (Å²) in [5.74, 6) is -3.38. The van der Waals surface area contributed by atoms with E-state index < -0.39 is 36.4 Å². The predicted octanol–water partition coefficient (Wildman–Crippen LogP) is 1.27. The molecular weight excluding hydrogens is 280 g/mol. The van der Waals surface area contributed by atoms with E-state index in [2.05, 4.69) is 4.74 Å². The quantitative estimate of drug-likeness (QED) is 0.437. The second kappa shape index (κ2) is 10.1. The highest BCUT2D eigenvalue weighted by Gasteiger charge is 2.41. The lowest BCUT2D eigenvalue weighted by atomic mass is 9.96. The summed E-state index contributed by atoms with van der Waals surface area (Å²) >= 11 is 0. The molecule has 0 saturated heterocycles. The molecule has 0 rings (SSSR count). The van der Waals surface area contributed by atoms with Crippen molar-refractivity contribution in [3.8, 4) is 0 Å². The molecular formula is C14H24O7. The summed E-state index contributed by atoms with van der Waals surface area (Å²) < 4.78 is 9.44. The molecule has 0 aromatic carbocycles. The third kappa shape index (κ3) is 8.29. The van der Waals surface area contributed by atoms with Gasteiger partial charge in [-0.15, -0.1) is 0 Å². The van der Waals surface area contributed by atoms with Gasteiger partial charge in [-0.1, -0.05) is 26.2 Å². The molecule has 0 spiro atoms. The van der Waals surface area contributed by atoms with Crippen LogP contribution in [0.3, 0.4) is 0 Å². The van der Waals surface area contributed by atoms with Gasteiger partial charge in [-0.25, -0.2) is 4.79 Å². The van der Waals surface area contributed by atoms with Gasteiger partial charge in [-0.3, -0.25) is 9.59 Å². The largest absolute Gasteiger partial charge is 0.479 e. The lowest BCUT2D eigenvalue weighted by molar-refractivity contribution is -0.173. The highest BCUT2D eigenvalue weighted by Crippen LogP contribution is 2.18. The zero-order chi connectivity index (χ0) is 16.3. The number of carboxylic acids is 1. The Morgan fingerprint density at radius 2 is 1.52 bits per heavy atom. The van der Waals surface area contributed by atoms with Crippen molar-refractivity contribution in [2.75, 3.05) is 13.2 Å². The Hall–Kier alpha value is -1.63. The number of carbonyl (C=O) groups is 3. The van der Waals surface area contributed by atoms with Gasteiger partial charge in [0, 0.05) is 0 Å². The Labute approximate surface area is 124 Å². The average Bonchev–Trinajstić information content (AvgIpc) is 2.38. The molecule has 122 valence electrons. The van der Waals surface area contributed by atoms with Crippen molar-refractivity contribution in [1.29, 1.82) is 0 Å². The van der Waals surface area contributed by atoms with E-state index in [4.69, 9.17) is 9.84 Å². The molecule has 21 heavy (non-hydrogen) atoms. The van der Waals surface area contributed by atoms with Crippen LogP contribution in [-0.4, -0.2) is 46.9 Å². The minimum atomic E-state index is -2.49. The van der Waals surface area contributed by atoms with Crippen LogP contribution in [0.1, 0.15) is 52.4 Å². The molecule has 1 unspecified atom stereocenters. The summed E-state index contributed by atoms with van der Waals surface area (Å²) in [4.78, 5) is 33.9. The summed E-state index contributed by atoms with van der Waals surface area (Å²) in [5, 5.41) is 18.9. The fraction of sp³-hybridized carbons (Fsp3) is 0.786. The van der Waals surface area contributed by atoms with E-state index in [1.807, 2.05) is 6.92 Å². The zero-order valence-corrected chi connectivity index (χ0v) is 12.6. The molecule has 0 aliphatic heterocycles. The number of carbonyl (C=O) groups excluding carboxylic acids is 2. The van der Waals surface area contributed by atoms with Gasteiger partial charge < -0.3 is 19.7 Å². The van der Waals surface area contributed by atoms with E-state index in [1.165, 1.54) is 0 Å². The predicted molar refractivity (Wildman–Crippen MR) is 73.6 cm³/mol. The number of rotatable bonds is 11. The van der Waals surface area contributed by atoms with E-state index in [1.54, 1.807) is 6.92 Å². The molecule has 0 aromatic rings. The number of unbranched alkanes of at least 4 members (excludes halogenated alkanes) is 3. The van der Waals surface area contributed by atoms with E-state index in [9.17, 15) is 19.5 Å². The summed E-state index contributed by atoms with van der Waals surface area (Å²) in [6.07, 6.45) is 2.10. The Bertz CT molecular complexity index is 353. The fourth-order valence-corrected chi connectivity index (χ4v) is 1.67. The molecule has 7 nitrogen and oxygen atoms in total. The Morgan fingerprint density at radius 3 is 2.00 bits per heavy atom. The van der Waals surface area contributed by atoms with Crippen LogP contribution < -0.4 is 0 Å². The molecule has 0 heterocycles. The molecule has 0 fully saturated rings. The van der Waals surface area contributed by atoms with Crippen LogP contribution in [0.5, 0.6) is 0 Å². The molecule has 7 heteroatoms. The van der Waals surface area contributed by atoms with Crippen LogP contribution in [0.2, 0.25) is 0 Å². The number of hydrogen-bond acceptors (Lipinski definition) is 6. The van der Waals surface area contributed by atoms with Gasteiger partial charge in [0.25, 0.3) is 0 Å². The summed E-state index contributed by atoms with van der Waals surface area (Å²) in [5.41, 5.74) is -2.49. The van der Waals surface area contributed by atoms with Gasteiger partial charge in [-0.2, -0.15) is 0 Å². The highest BCUT2D eigenvalue weighted by atomic mass is 16.5. The Kier molecular flexibility index (Phi) is 9.36. The maximum absolute atomic E-state index is 11.5. The first-order valence-corrected chi connectivity index (χ1v) is 7.12. The lowest BCUT2D eigenvalue weighted by Gasteiger charge is -2.21. The standard InChI is InChI=1S/C14H24O7/c1-3-5-6-7-8-21-12(16)10-14(19,13(17)18)9-11(15)20-4-2/h19H,3-10H2,1-2H3,(H,17,18). The minimum absolute atomic E-state index is 0.0659. The Morgan fingerprint density at radius 1 is 0.952 bits per heavy atom. The summed E-state index contributed by atoms with van der Waals surface area (Å²) in [6, 6.07) is 0. The van der Waals surface area contributed by atoms with Crippen LogP contribution in [0.4, 0.5) is 0 Å². The molecule has 2 N–H and O–H groups in total. The third-order valence-corrected chi connectivity index (χ3v) is 2.84. The number of ether oxygens (including phenoxy) is 2. The van der Waals surface area contributed by atoms with Crippen molar-refractivity contribution < 1.29 is 34.1 Å². The smallest absolute Gasteiger partial charge is 0.336 e. The first-order chi connectivity index (χ1) is 9.85. The molecule has 0 radical (unpaired) electrons. The molecule has 0 aliphatic carbocycles. The normalized spacial score (nSPS) is 13.3. The van der Waals surface area contributed by atoms with Crippen molar-refractivity contribution >= 4 is 17.9 Å². The van der Waals surface area contributed by atoms with Crippen LogP contribution in [0.15, 0.2) is 0 Å². The van der Waals surface area contributed by atoms with E-state index in [-0.39, 0.29) is 13.2 Å². The summed E-state index contributed by atoms with van der Waals surface area (Å²) in [6.45, 7) is 3.85. The molecule has 1 atom stereocenters. The van der Waals surface area contributed by atoms with Gasteiger partial charge >= 0.3 is 17.9 Å². The average molecular weight is 304 g/mol. The third-order valence-electron chi connectivity index (χ3n) is 2.84. The van der Waals surface area contributed by atoms with Gasteiger partial charge in [0.2, 0.25) is 0 Å². The number of esters is 2. The van der Waals surface area contributed by atoms with Gasteiger partial charge in [0.05, 0.1) is 26.1 Å². The van der Waals surface area contributed by atoms with Gasteiger partial charge in [0.15, 0.2) is 5.60 Å². The van der Waals surface area contributed by atoms with Crippen LogP contribution >= 0.6 is 0 Å². The number of carboxylic acid groups (broad SMARTS) is 1. The topological polar surface area (TPSA) is 110 Å². The second-order valence-corrected chi connectivity index (χ2v) is 4.78. The molecule has 0 aromatic heterocycles. The highest BCUT2D eigenvalue weighted by molar-refractivity contribution is 5.88. The van der Waals surface area contributed by atoms with Gasteiger partial charge in [-0.05, 0) is 13.3 Å². The maximum Gasteiger partial charge on any atom is 0.336 e. The van der Waals surface area contributed by atoms with Crippen molar-refractivity contribution in [1.82, 2.24) is 0 Å². The number of aliphatic carboxylic acids is 1.